The average molecular weight is 910 g/mol. The Morgan fingerprint density at radius 1 is 0.754 bits per heavy atom. The standard InChI is InChI=1S/C44H62Cl2N4O10S/c1-3-4-16-55-20-24-59-25-21-56-17-6-8-38(51)28-34-10-12-37(13-11-34)49-44(52)47-14-18-57-22-26-60-27-23-58-19-15-48-61(53,54)39-9-5-7-35(29-39)41-32-50(2)33-42-40(41)30-36(45)31-43(42)46/h5,7,9-13,29-31,41,48H,3-4,6,8,14-28,32-33H2,1-2H3,(H2,47,49,52)/t41-/m0/s1. The molecule has 2 amide bonds. The molecule has 0 spiro atoms. The highest BCUT2D eigenvalue weighted by Crippen LogP contribution is 2.38. The number of fused-ring (bicyclic) bond motifs is 1. The van der Waals surface area contributed by atoms with Gasteiger partial charge in [-0.05, 0) is 78.5 Å². The molecule has 3 aromatic carbocycles. The fourth-order valence-corrected chi connectivity index (χ4v) is 8.13. The summed E-state index contributed by atoms with van der Waals surface area (Å²) in [5.41, 5.74) is 4.37. The number of carbonyl (C=O) groups excluding carboxylic acids is 2. The quantitative estimate of drug-likeness (QED) is 0.0608. The topological polar surface area (TPSA) is 163 Å². The summed E-state index contributed by atoms with van der Waals surface area (Å²) in [5, 5.41) is 6.66. The molecule has 0 saturated carbocycles. The lowest BCUT2D eigenvalue weighted by molar-refractivity contribution is -0.118. The highest BCUT2D eigenvalue weighted by Gasteiger charge is 2.28. The maximum absolute atomic E-state index is 13.1. The molecule has 0 aliphatic carbocycles. The van der Waals surface area contributed by atoms with E-state index in [2.05, 4.69) is 27.2 Å². The van der Waals surface area contributed by atoms with Gasteiger partial charge in [-0.2, -0.15) is 0 Å². The van der Waals surface area contributed by atoms with Crippen molar-refractivity contribution in [3.8, 4) is 0 Å². The molecule has 0 fully saturated rings. The fraction of sp³-hybridized carbons (Fsp3) is 0.545. The largest absolute Gasteiger partial charge is 0.379 e. The number of hydrogen-bond acceptors (Lipinski definition) is 11. The van der Waals surface area contributed by atoms with E-state index in [1.807, 2.05) is 31.3 Å². The summed E-state index contributed by atoms with van der Waals surface area (Å²) in [4.78, 5) is 27.0. The molecule has 17 heteroatoms. The van der Waals surface area contributed by atoms with E-state index in [1.165, 1.54) is 0 Å². The number of urea groups is 1. The van der Waals surface area contributed by atoms with Crippen LogP contribution in [0.15, 0.2) is 65.6 Å². The molecule has 14 nitrogen and oxygen atoms in total. The summed E-state index contributed by atoms with van der Waals surface area (Å²) in [5.74, 6) is 0.0528. The zero-order valence-corrected chi connectivity index (χ0v) is 37.7. The Kier molecular flexibility index (Phi) is 23.6. The molecule has 0 unspecified atom stereocenters. The monoisotopic (exact) mass is 908 g/mol. The number of nitrogens with zero attached hydrogens (tertiary/aromatic N) is 1. The van der Waals surface area contributed by atoms with Gasteiger partial charge in [-0.25, -0.2) is 17.9 Å². The van der Waals surface area contributed by atoms with E-state index in [4.69, 9.17) is 51.6 Å². The Morgan fingerprint density at radius 3 is 2.02 bits per heavy atom. The van der Waals surface area contributed by atoms with Crippen molar-refractivity contribution in [2.45, 2.75) is 56.4 Å². The van der Waals surface area contributed by atoms with Gasteiger partial charge in [-0.3, -0.25) is 4.79 Å². The first-order valence-corrected chi connectivity index (χ1v) is 23.2. The van der Waals surface area contributed by atoms with Crippen molar-refractivity contribution < 1.29 is 46.4 Å². The van der Waals surface area contributed by atoms with Crippen LogP contribution in [0, 0.1) is 0 Å². The van der Waals surface area contributed by atoms with Gasteiger partial charge in [-0.15, -0.1) is 0 Å². The molecule has 0 bridgehead atoms. The van der Waals surface area contributed by atoms with Crippen LogP contribution in [-0.2, 0) is 56.2 Å². The first kappa shape index (κ1) is 50.5. The third-order valence-electron chi connectivity index (χ3n) is 9.62. The lowest BCUT2D eigenvalue weighted by atomic mass is 9.85. The molecular formula is C44H62Cl2N4O10S. The Morgan fingerprint density at radius 2 is 1.36 bits per heavy atom. The van der Waals surface area contributed by atoms with E-state index >= 15 is 0 Å². The van der Waals surface area contributed by atoms with E-state index in [9.17, 15) is 18.0 Å². The number of halogens is 2. The van der Waals surface area contributed by atoms with Gasteiger partial charge < -0.3 is 44.0 Å². The van der Waals surface area contributed by atoms with Gasteiger partial charge in [0.25, 0.3) is 0 Å². The number of likely N-dealkylation sites (N-methyl/N-ethyl adjacent to an activating group) is 1. The van der Waals surface area contributed by atoms with Crippen molar-refractivity contribution >= 4 is 50.7 Å². The molecule has 3 aromatic rings. The van der Waals surface area contributed by atoms with Crippen molar-refractivity contribution in [2.24, 2.45) is 0 Å². The third kappa shape index (κ3) is 19.4. The molecule has 1 aliphatic rings. The molecule has 1 atom stereocenters. The predicted molar refractivity (Wildman–Crippen MR) is 237 cm³/mol. The molecule has 338 valence electrons. The second-order valence-corrected chi connectivity index (χ2v) is 17.2. The number of ketones is 1. The molecule has 0 radical (unpaired) electrons. The molecule has 4 rings (SSSR count). The van der Waals surface area contributed by atoms with Gasteiger partial charge in [0.1, 0.15) is 5.78 Å². The Labute approximate surface area is 371 Å². The molecule has 61 heavy (non-hydrogen) atoms. The van der Waals surface area contributed by atoms with Crippen LogP contribution in [0.5, 0.6) is 0 Å². The van der Waals surface area contributed by atoms with Gasteiger partial charge in [0, 0.05) is 73.9 Å². The number of carbonyl (C=O) groups is 2. The third-order valence-corrected chi connectivity index (χ3v) is 11.6. The number of Topliss-reactive ketones (excluding diaryl/α,β-unsaturated/α-hetero) is 1. The number of amides is 2. The predicted octanol–water partition coefficient (Wildman–Crippen LogP) is 6.46. The molecule has 1 heterocycles. The molecule has 0 aromatic heterocycles. The number of benzene rings is 3. The van der Waals surface area contributed by atoms with Crippen LogP contribution in [-0.4, -0.2) is 131 Å². The molecule has 1 aliphatic heterocycles. The molecule has 3 N–H and O–H groups in total. The minimum Gasteiger partial charge on any atom is -0.379 e. The summed E-state index contributed by atoms with van der Waals surface area (Å²) in [7, 11) is -1.76. The van der Waals surface area contributed by atoms with Gasteiger partial charge in [0.05, 0.1) is 71.0 Å². The number of unbranched alkanes of at least 4 members (excludes halogenated alkanes) is 1. The fourth-order valence-electron chi connectivity index (χ4n) is 6.50. The zero-order chi connectivity index (χ0) is 43.7. The van der Waals surface area contributed by atoms with Crippen LogP contribution in [0.25, 0.3) is 0 Å². The number of hydrogen-bond donors (Lipinski definition) is 3. The SMILES string of the molecule is CCCCOCCOCCOCCCC(=O)Cc1ccc(NC(=O)NCCOCCOCCOCCNS(=O)(=O)c2cccc([C@@H]3CN(C)Cc4c(Cl)cc(Cl)cc43)c2)cc1. The second-order valence-electron chi connectivity index (χ2n) is 14.6. The minimum absolute atomic E-state index is 0.0791. The van der Waals surface area contributed by atoms with Crippen LogP contribution in [0.3, 0.4) is 0 Å². The van der Waals surface area contributed by atoms with E-state index in [-0.39, 0.29) is 35.8 Å². The van der Waals surface area contributed by atoms with Gasteiger partial charge in [0.2, 0.25) is 10.0 Å². The number of ether oxygens (including phenoxy) is 6. The summed E-state index contributed by atoms with van der Waals surface area (Å²) < 4.78 is 61.8. The van der Waals surface area contributed by atoms with Crippen molar-refractivity contribution in [1.29, 1.82) is 0 Å². The lowest BCUT2D eigenvalue weighted by Gasteiger charge is -2.33. The van der Waals surface area contributed by atoms with Crippen LogP contribution in [0.2, 0.25) is 10.0 Å². The smallest absolute Gasteiger partial charge is 0.319 e. The molecular weight excluding hydrogens is 847 g/mol. The van der Waals surface area contributed by atoms with Gasteiger partial charge in [0.15, 0.2) is 0 Å². The van der Waals surface area contributed by atoms with E-state index in [1.54, 1.807) is 36.4 Å². The normalized spacial score (nSPS) is 14.2. The van der Waals surface area contributed by atoms with E-state index < -0.39 is 10.0 Å². The van der Waals surface area contributed by atoms with Crippen molar-refractivity contribution in [1.82, 2.24) is 14.9 Å². The van der Waals surface area contributed by atoms with Crippen LogP contribution < -0.4 is 15.4 Å². The number of rotatable bonds is 31. The van der Waals surface area contributed by atoms with Gasteiger partial charge >= 0.3 is 6.03 Å². The number of sulfonamides is 1. The summed E-state index contributed by atoms with van der Waals surface area (Å²) in [6, 6.07) is 17.4. The van der Waals surface area contributed by atoms with Crippen LogP contribution in [0.1, 0.15) is 60.8 Å². The maximum atomic E-state index is 13.1. The van der Waals surface area contributed by atoms with E-state index in [0.29, 0.717) is 121 Å². The first-order valence-electron chi connectivity index (χ1n) is 20.9. The number of nitrogens with one attached hydrogen (secondary N) is 3. The Hall–Kier alpha value is -3.19. The van der Waals surface area contributed by atoms with Crippen molar-refractivity contribution in [3.05, 3.63) is 93.0 Å². The summed E-state index contributed by atoms with van der Waals surface area (Å²) >= 11 is 12.8. The first-order chi connectivity index (χ1) is 29.6. The van der Waals surface area contributed by atoms with E-state index in [0.717, 1.165) is 41.7 Å². The van der Waals surface area contributed by atoms with Crippen LogP contribution >= 0.6 is 23.2 Å². The van der Waals surface area contributed by atoms with Crippen molar-refractivity contribution in [2.75, 3.05) is 111 Å². The second kappa shape index (κ2) is 28.5. The van der Waals surface area contributed by atoms with Gasteiger partial charge in [-0.1, -0.05) is 60.8 Å². The zero-order valence-electron chi connectivity index (χ0n) is 35.4. The summed E-state index contributed by atoms with van der Waals surface area (Å²) in [6.07, 6.45) is 3.60. The summed E-state index contributed by atoms with van der Waals surface area (Å²) in [6.45, 7) is 9.13. The highest BCUT2D eigenvalue weighted by molar-refractivity contribution is 7.89. The Bertz CT molecular complexity index is 1870. The number of anilines is 1. The lowest BCUT2D eigenvalue weighted by Crippen LogP contribution is -2.31. The highest BCUT2D eigenvalue weighted by atomic mass is 35.5. The van der Waals surface area contributed by atoms with Crippen molar-refractivity contribution in [3.63, 3.8) is 0 Å². The van der Waals surface area contributed by atoms with Crippen LogP contribution in [0.4, 0.5) is 10.5 Å². The Balaban J connectivity index is 0.966. The maximum Gasteiger partial charge on any atom is 0.319 e. The average Bonchev–Trinajstić information content (AvgIpc) is 3.23. The molecule has 0 saturated heterocycles. The minimum atomic E-state index is -3.77.